The van der Waals surface area contributed by atoms with Crippen molar-refractivity contribution in [1.82, 2.24) is 10.2 Å². The Morgan fingerprint density at radius 2 is 1.59 bits per heavy atom. The third kappa shape index (κ3) is 7.35. The second-order valence-corrected chi connectivity index (χ2v) is 10.7. The minimum atomic E-state index is -4.33. The quantitative estimate of drug-likeness (QED) is 0.338. The van der Waals surface area contributed by atoms with Gasteiger partial charge in [0, 0.05) is 13.1 Å². The standard InChI is InChI=1S/C29H34FN3O5S/c1-4-19-31-29(35)26(5-2)32(20-22-15-17-23(38-3)18-16-22)28(34)21-33(27-14-10-9-13-25(27)30)39(36,37)24-11-7-6-8-12-24/h6-18,26H,4-5,19-21H2,1-3H3,(H,31,35)/t26-/m1/s1. The van der Waals surface area contributed by atoms with Gasteiger partial charge in [0.15, 0.2) is 0 Å². The van der Waals surface area contributed by atoms with Gasteiger partial charge in [-0.3, -0.25) is 13.9 Å². The van der Waals surface area contributed by atoms with Gasteiger partial charge >= 0.3 is 0 Å². The van der Waals surface area contributed by atoms with E-state index in [4.69, 9.17) is 4.74 Å². The molecule has 0 unspecified atom stereocenters. The first-order chi connectivity index (χ1) is 18.7. The smallest absolute Gasteiger partial charge is 0.264 e. The number of hydrogen-bond donors (Lipinski definition) is 1. The molecule has 3 aromatic rings. The number of ether oxygens (including phenoxy) is 1. The Balaban J connectivity index is 2.04. The van der Waals surface area contributed by atoms with E-state index >= 15 is 0 Å². The molecule has 1 N–H and O–H groups in total. The van der Waals surface area contributed by atoms with Gasteiger partial charge in [-0.25, -0.2) is 12.8 Å². The highest BCUT2D eigenvalue weighted by Crippen LogP contribution is 2.27. The molecular weight excluding hydrogens is 521 g/mol. The molecule has 3 aromatic carbocycles. The number of amides is 2. The zero-order valence-corrected chi connectivity index (χ0v) is 23.2. The lowest BCUT2D eigenvalue weighted by molar-refractivity contribution is -0.140. The van der Waals surface area contributed by atoms with Crippen molar-refractivity contribution in [2.45, 2.75) is 44.2 Å². The molecule has 0 spiro atoms. The van der Waals surface area contributed by atoms with Crippen LogP contribution in [0.25, 0.3) is 0 Å². The van der Waals surface area contributed by atoms with Gasteiger partial charge in [-0.15, -0.1) is 0 Å². The summed E-state index contributed by atoms with van der Waals surface area (Å²) in [5.74, 6) is -1.15. The van der Waals surface area contributed by atoms with Crippen molar-refractivity contribution in [3.8, 4) is 5.75 Å². The number of hydrogen-bond acceptors (Lipinski definition) is 5. The Morgan fingerprint density at radius 1 is 0.949 bits per heavy atom. The van der Waals surface area contributed by atoms with Crippen molar-refractivity contribution in [2.24, 2.45) is 0 Å². The molecule has 0 aliphatic carbocycles. The first kappa shape index (κ1) is 29.6. The molecule has 0 heterocycles. The third-order valence-electron chi connectivity index (χ3n) is 6.18. The lowest BCUT2D eigenvalue weighted by Gasteiger charge is -2.33. The summed E-state index contributed by atoms with van der Waals surface area (Å²) in [5, 5.41) is 2.83. The van der Waals surface area contributed by atoms with Gasteiger partial charge in [0.05, 0.1) is 17.7 Å². The number of rotatable bonds is 13. The molecular formula is C29H34FN3O5S. The Morgan fingerprint density at radius 3 is 2.18 bits per heavy atom. The van der Waals surface area contributed by atoms with Crippen LogP contribution in [0.5, 0.6) is 5.75 Å². The fraction of sp³-hybridized carbons (Fsp3) is 0.310. The molecule has 0 bridgehead atoms. The van der Waals surface area contributed by atoms with Crippen LogP contribution in [0.3, 0.4) is 0 Å². The van der Waals surface area contributed by atoms with Crippen LogP contribution >= 0.6 is 0 Å². The van der Waals surface area contributed by atoms with Gasteiger partial charge in [0.2, 0.25) is 11.8 Å². The number of methoxy groups -OCH3 is 1. The van der Waals surface area contributed by atoms with Crippen LogP contribution in [0, 0.1) is 5.82 Å². The summed E-state index contributed by atoms with van der Waals surface area (Å²) in [6.07, 6.45) is 1.01. The molecule has 8 nitrogen and oxygen atoms in total. The number of nitrogens with one attached hydrogen (secondary N) is 1. The maximum absolute atomic E-state index is 14.9. The Labute approximate surface area is 229 Å². The summed E-state index contributed by atoms with van der Waals surface area (Å²) in [6, 6.07) is 19.1. The third-order valence-corrected chi connectivity index (χ3v) is 7.95. The first-order valence-corrected chi connectivity index (χ1v) is 14.2. The van der Waals surface area contributed by atoms with Gasteiger partial charge in [-0.05, 0) is 54.8 Å². The van der Waals surface area contributed by atoms with Crippen molar-refractivity contribution in [3.05, 3.63) is 90.2 Å². The van der Waals surface area contributed by atoms with Crippen LogP contribution in [0.15, 0.2) is 83.8 Å². The number of anilines is 1. The van der Waals surface area contributed by atoms with E-state index in [-0.39, 0.29) is 23.0 Å². The highest BCUT2D eigenvalue weighted by Gasteiger charge is 2.34. The van der Waals surface area contributed by atoms with Crippen LogP contribution in [0.2, 0.25) is 0 Å². The maximum atomic E-state index is 14.9. The van der Waals surface area contributed by atoms with Crippen molar-refractivity contribution in [3.63, 3.8) is 0 Å². The average molecular weight is 556 g/mol. The lowest BCUT2D eigenvalue weighted by Crippen LogP contribution is -2.52. The molecule has 10 heteroatoms. The highest BCUT2D eigenvalue weighted by atomic mass is 32.2. The minimum absolute atomic E-state index is 0.0391. The number of nitrogens with zero attached hydrogens (tertiary/aromatic N) is 2. The fourth-order valence-corrected chi connectivity index (χ4v) is 5.54. The van der Waals surface area contributed by atoms with E-state index < -0.39 is 34.3 Å². The molecule has 0 saturated carbocycles. The van der Waals surface area contributed by atoms with Gasteiger partial charge < -0.3 is 15.0 Å². The van der Waals surface area contributed by atoms with E-state index in [2.05, 4.69) is 5.32 Å². The normalized spacial score (nSPS) is 11.9. The van der Waals surface area contributed by atoms with Crippen LogP contribution in [-0.4, -0.2) is 51.4 Å². The van der Waals surface area contributed by atoms with E-state index in [9.17, 15) is 22.4 Å². The maximum Gasteiger partial charge on any atom is 0.264 e. The topological polar surface area (TPSA) is 96.0 Å². The summed E-state index contributed by atoms with van der Waals surface area (Å²) in [6.45, 7) is 3.47. The summed E-state index contributed by atoms with van der Waals surface area (Å²) >= 11 is 0. The molecule has 0 aromatic heterocycles. The van der Waals surface area contributed by atoms with Crippen molar-refractivity contribution >= 4 is 27.5 Å². The monoisotopic (exact) mass is 555 g/mol. The molecule has 208 valence electrons. The minimum Gasteiger partial charge on any atom is -0.497 e. The first-order valence-electron chi connectivity index (χ1n) is 12.7. The number of sulfonamides is 1. The van der Waals surface area contributed by atoms with E-state index in [0.717, 1.165) is 10.4 Å². The molecule has 0 aliphatic rings. The van der Waals surface area contributed by atoms with Gasteiger partial charge in [0.1, 0.15) is 24.2 Å². The lowest BCUT2D eigenvalue weighted by atomic mass is 10.1. The average Bonchev–Trinajstić information content (AvgIpc) is 2.95. The Kier molecular flexibility index (Phi) is 10.4. The van der Waals surface area contributed by atoms with Gasteiger partial charge in [-0.2, -0.15) is 0 Å². The molecule has 39 heavy (non-hydrogen) atoms. The second-order valence-electron chi connectivity index (χ2n) is 8.86. The summed E-state index contributed by atoms with van der Waals surface area (Å²) in [4.78, 5) is 28.3. The van der Waals surface area contributed by atoms with Crippen LogP contribution in [0.4, 0.5) is 10.1 Å². The number of carbonyl (C=O) groups excluding carboxylic acids is 2. The second kappa shape index (κ2) is 13.7. The molecule has 2 amide bonds. The molecule has 0 aliphatic heterocycles. The van der Waals surface area contributed by atoms with E-state index in [1.165, 1.54) is 35.2 Å². The fourth-order valence-electron chi connectivity index (χ4n) is 4.10. The zero-order valence-electron chi connectivity index (χ0n) is 22.3. The van der Waals surface area contributed by atoms with Crippen molar-refractivity contribution in [1.29, 1.82) is 0 Å². The van der Waals surface area contributed by atoms with Gasteiger partial charge in [0.25, 0.3) is 10.0 Å². The van der Waals surface area contributed by atoms with Crippen molar-refractivity contribution in [2.75, 3.05) is 24.5 Å². The van der Waals surface area contributed by atoms with E-state index in [1.807, 2.05) is 6.92 Å². The van der Waals surface area contributed by atoms with Crippen LogP contribution in [0.1, 0.15) is 32.3 Å². The largest absolute Gasteiger partial charge is 0.497 e. The number of para-hydroxylation sites is 1. The van der Waals surface area contributed by atoms with E-state index in [1.54, 1.807) is 56.5 Å². The van der Waals surface area contributed by atoms with Crippen molar-refractivity contribution < 1.29 is 27.1 Å². The predicted molar refractivity (Wildman–Crippen MR) is 148 cm³/mol. The number of benzene rings is 3. The Bertz CT molecular complexity index is 1350. The zero-order chi connectivity index (χ0) is 28.4. The van der Waals surface area contributed by atoms with E-state index in [0.29, 0.717) is 30.7 Å². The number of halogens is 1. The summed E-state index contributed by atoms with van der Waals surface area (Å²) in [7, 11) is -2.78. The molecule has 1 atom stereocenters. The SMILES string of the molecule is CCCNC(=O)[C@@H](CC)N(Cc1ccc(OC)cc1)C(=O)CN(c1ccccc1F)S(=O)(=O)c1ccccc1. The number of carbonyl (C=O) groups is 2. The highest BCUT2D eigenvalue weighted by molar-refractivity contribution is 7.92. The Hall–Kier alpha value is -3.92. The summed E-state index contributed by atoms with van der Waals surface area (Å²) < 4.78 is 48.3. The molecule has 0 saturated heterocycles. The molecule has 3 rings (SSSR count). The summed E-state index contributed by atoms with van der Waals surface area (Å²) in [5.41, 5.74) is 0.455. The molecule has 0 fully saturated rings. The van der Waals surface area contributed by atoms with Crippen LogP contribution in [-0.2, 0) is 26.2 Å². The molecule has 0 radical (unpaired) electrons. The van der Waals surface area contributed by atoms with Gasteiger partial charge in [-0.1, -0.05) is 56.3 Å². The predicted octanol–water partition coefficient (Wildman–Crippen LogP) is 4.36. The van der Waals surface area contributed by atoms with Crippen LogP contribution < -0.4 is 14.4 Å².